The van der Waals surface area contributed by atoms with Gasteiger partial charge < -0.3 is 8.83 Å². The maximum Gasteiger partial charge on any atom is 0.167 e. The molecule has 5 aromatic heterocycles. The zero-order valence-corrected chi connectivity index (χ0v) is 27.0. The summed E-state index contributed by atoms with van der Waals surface area (Å²) in [6.45, 7) is 0. The van der Waals surface area contributed by atoms with Crippen molar-refractivity contribution in [1.82, 2.24) is 24.5 Å². The first-order valence-corrected chi connectivity index (χ1v) is 16.8. The number of fused-ring (bicyclic) bond motifs is 9. The van der Waals surface area contributed by atoms with Crippen LogP contribution in [-0.2, 0) is 0 Å². The summed E-state index contributed by atoms with van der Waals surface area (Å²) in [7, 11) is 0. The van der Waals surface area contributed by atoms with Crippen molar-refractivity contribution in [3.05, 3.63) is 152 Å². The minimum absolute atomic E-state index is 0.511. The molecular weight excluding hydrogens is 631 g/mol. The lowest BCUT2D eigenvalue weighted by Gasteiger charge is -2.09. The van der Waals surface area contributed by atoms with E-state index in [9.17, 15) is 0 Å². The second-order valence-corrected chi connectivity index (χ2v) is 12.6. The Morgan fingerprint density at radius 3 is 1.80 bits per heavy atom. The van der Waals surface area contributed by atoms with E-state index >= 15 is 0 Å². The Kier molecular flexibility index (Phi) is 5.83. The van der Waals surface area contributed by atoms with Gasteiger partial charge in [-0.3, -0.25) is 4.57 Å². The van der Waals surface area contributed by atoms with Crippen molar-refractivity contribution >= 4 is 65.8 Å². The maximum atomic E-state index is 6.92. The molecule has 238 valence electrons. The highest BCUT2D eigenvalue weighted by atomic mass is 16.3. The van der Waals surface area contributed by atoms with Crippen LogP contribution < -0.4 is 0 Å². The molecule has 0 N–H and O–H groups in total. The van der Waals surface area contributed by atoms with Crippen LogP contribution in [0.3, 0.4) is 0 Å². The van der Waals surface area contributed by atoms with Crippen LogP contribution in [0.1, 0.15) is 0 Å². The van der Waals surface area contributed by atoms with Gasteiger partial charge in [0.25, 0.3) is 0 Å². The average Bonchev–Trinajstić information content (AvgIpc) is 3.88. The van der Waals surface area contributed by atoms with Crippen LogP contribution in [0.2, 0.25) is 0 Å². The van der Waals surface area contributed by atoms with Crippen molar-refractivity contribution in [3.8, 4) is 39.9 Å². The van der Waals surface area contributed by atoms with Crippen LogP contribution in [0, 0.1) is 0 Å². The predicted molar refractivity (Wildman–Crippen MR) is 203 cm³/mol. The third-order valence-electron chi connectivity index (χ3n) is 9.73. The molecule has 0 bridgehead atoms. The van der Waals surface area contributed by atoms with Crippen molar-refractivity contribution in [3.63, 3.8) is 0 Å². The molecule has 0 atom stereocenters. The van der Waals surface area contributed by atoms with Crippen LogP contribution in [-0.4, -0.2) is 24.5 Å². The minimum Gasteiger partial charge on any atom is -0.455 e. The Labute approximate surface area is 290 Å². The van der Waals surface area contributed by atoms with Crippen LogP contribution in [0.15, 0.2) is 161 Å². The Morgan fingerprint density at radius 2 is 1.00 bits per heavy atom. The third kappa shape index (κ3) is 4.12. The van der Waals surface area contributed by atoms with Gasteiger partial charge in [0, 0.05) is 44.1 Å². The molecule has 0 spiro atoms. The van der Waals surface area contributed by atoms with E-state index in [2.05, 4.69) is 71.3 Å². The molecule has 0 amide bonds. The van der Waals surface area contributed by atoms with Crippen LogP contribution >= 0.6 is 0 Å². The predicted octanol–water partition coefficient (Wildman–Crippen LogP) is 11.2. The number of rotatable bonds is 4. The number of hydrogen-bond acceptors (Lipinski definition) is 6. The molecule has 6 aromatic carbocycles. The quantitative estimate of drug-likeness (QED) is 0.188. The van der Waals surface area contributed by atoms with Crippen molar-refractivity contribution in [2.75, 3.05) is 0 Å². The molecule has 0 aliphatic carbocycles. The first-order valence-electron chi connectivity index (χ1n) is 16.8. The standard InChI is InChI=1S/C44H25N5O2/c1-2-12-26(13-3-1)41-46-42(33-19-8-16-29-28-15-5-7-24-37(28)50-38(29)33)48-43(47-41)34-20-9-17-30-31-18-10-23-36(40(31)51-39(30)34)49-35-22-6-4-14-27(35)32-21-11-25-45-44(32)49/h1-25H. The highest BCUT2D eigenvalue weighted by molar-refractivity contribution is 6.14. The molecule has 0 aliphatic heterocycles. The number of para-hydroxylation sites is 5. The van der Waals surface area contributed by atoms with E-state index in [-0.39, 0.29) is 0 Å². The number of nitrogens with zero attached hydrogens (tertiary/aromatic N) is 5. The van der Waals surface area contributed by atoms with Gasteiger partial charge >= 0.3 is 0 Å². The monoisotopic (exact) mass is 655 g/mol. The van der Waals surface area contributed by atoms with E-state index in [0.29, 0.717) is 23.1 Å². The fourth-order valence-corrected chi connectivity index (χ4v) is 7.45. The number of aromatic nitrogens is 5. The number of furan rings is 2. The second kappa shape index (κ2) is 10.7. The summed E-state index contributed by atoms with van der Waals surface area (Å²) in [6.07, 6.45) is 1.84. The lowest BCUT2D eigenvalue weighted by Crippen LogP contribution is -2.00. The molecule has 11 aromatic rings. The Hall–Kier alpha value is -7.12. The lowest BCUT2D eigenvalue weighted by atomic mass is 10.1. The molecule has 7 nitrogen and oxygen atoms in total. The van der Waals surface area contributed by atoms with E-state index in [4.69, 9.17) is 28.8 Å². The fraction of sp³-hybridized carbons (Fsp3) is 0. The molecule has 0 saturated heterocycles. The third-order valence-corrected chi connectivity index (χ3v) is 9.73. The summed E-state index contributed by atoms with van der Waals surface area (Å²) in [5.74, 6) is 1.60. The topological polar surface area (TPSA) is 82.8 Å². The number of benzene rings is 6. The second-order valence-electron chi connectivity index (χ2n) is 12.6. The SMILES string of the molecule is c1ccc(-c2nc(-c3cccc4c3oc3ccccc34)nc(-c3cccc4c3oc3c(-n5c6ccccc6c6cccnc65)cccc34)n2)cc1. The summed E-state index contributed by atoms with van der Waals surface area (Å²) in [6, 6.07) is 49.1. The van der Waals surface area contributed by atoms with Gasteiger partial charge in [0.1, 0.15) is 22.4 Å². The van der Waals surface area contributed by atoms with Gasteiger partial charge in [0.15, 0.2) is 23.1 Å². The smallest absolute Gasteiger partial charge is 0.167 e. The zero-order chi connectivity index (χ0) is 33.5. The summed E-state index contributed by atoms with van der Waals surface area (Å²) < 4.78 is 15.5. The van der Waals surface area contributed by atoms with E-state index in [1.807, 2.05) is 85.1 Å². The summed E-state index contributed by atoms with van der Waals surface area (Å²) in [5.41, 5.74) is 8.32. The van der Waals surface area contributed by atoms with E-state index in [1.54, 1.807) is 0 Å². The molecule has 51 heavy (non-hydrogen) atoms. The zero-order valence-electron chi connectivity index (χ0n) is 27.0. The van der Waals surface area contributed by atoms with Gasteiger partial charge in [-0.05, 0) is 42.5 Å². The van der Waals surface area contributed by atoms with E-state index in [1.165, 1.54) is 0 Å². The van der Waals surface area contributed by atoms with Crippen molar-refractivity contribution < 1.29 is 8.83 Å². The van der Waals surface area contributed by atoms with E-state index < -0.39 is 0 Å². The largest absolute Gasteiger partial charge is 0.455 e. The minimum atomic E-state index is 0.511. The Morgan fingerprint density at radius 1 is 0.412 bits per heavy atom. The van der Waals surface area contributed by atoms with E-state index in [0.717, 1.165) is 82.6 Å². The van der Waals surface area contributed by atoms with Gasteiger partial charge in [-0.2, -0.15) is 0 Å². The molecule has 7 heteroatoms. The van der Waals surface area contributed by atoms with Gasteiger partial charge in [-0.1, -0.05) is 103 Å². The maximum absolute atomic E-state index is 6.92. The summed E-state index contributed by atoms with van der Waals surface area (Å²) in [4.78, 5) is 20.1. The normalized spacial score (nSPS) is 11.9. The van der Waals surface area contributed by atoms with Crippen molar-refractivity contribution in [2.45, 2.75) is 0 Å². The summed E-state index contributed by atoms with van der Waals surface area (Å²) in [5, 5.41) is 6.26. The summed E-state index contributed by atoms with van der Waals surface area (Å²) >= 11 is 0. The Bertz CT molecular complexity index is 3100. The fourth-order valence-electron chi connectivity index (χ4n) is 7.45. The van der Waals surface area contributed by atoms with Gasteiger partial charge in [-0.25, -0.2) is 19.9 Å². The van der Waals surface area contributed by atoms with Gasteiger partial charge in [0.05, 0.1) is 22.3 Å². The van der Waals surface area contributed by atoms with Gasteiger partial charge in [-0.15, -0.1) is 0 Å². The first kappa shape index (κ1) is 27.8. The molecule has 0 aliphatic rings. The molecule has 0 saturated carbocycles. The van der Waals surface area contributed by atoms with Crippen molar-refractivity contribution in [2.24, 2.45) is 0 Å². The number of hydrogen-bond donors (Lipinski definition) is 0. The number of pyridine rings is 1. The molecule has 0 radical (unpaired) electrons. The molecule has 5 heterocycles. The molecule has 0 unspecified atom stereocenters. The van der Waals surface area contributed by atoms with Crippen molar-refractivity contribution in [1.29, 1.82) is 0 Å². The van der Waals surface area contributed by atoms with Crippen LogP contribution in [0.25, 0.3) is 106 Å². The van der Waals surface area contributed by atoms with Crippen LogP contribution in [0.4, 0.5) is 0 Å². The highest BCUT2D eigenvalue weighted by Crippen LogP contribution is 2.41. The molecular formula is C44H25N5O2. The molecule has 0 fully saturated rings. The molecule has 11 rings (SSSR count). The highest BCUT2D eigenvalue weighted by Gasteiger charge is 2.22. The average molecular weight is 656 g/mol. The van der Waals surface area contributed by atoms with Gasteiger partial charge in [0.2, 0.25) is 0 Å². The lowest BCUT2D eigenvalue weighted by molar-refractivity contribution is 0.667. The first-order chi connectivity index (χ1) is 25.3. The van der Waals surface area contributed by atoms with Crippen LogP contribution in [0.5, 0.6) is 0 Å². The Balaban J connectivity index is 1.17.